The minimum Gasteiger partial charge on any atom is -0.495 e. The maximum Gasteiger partial charge on any atom is 0.236 e. The molecule has 196 valence electrons. The molecule has 0 saturated heterocycles. The van der Waals surface area contributed by atoms with Crippen LogP contribution in [-0.2, 0) is 17.6 Å². The lowest BCUT2D eigenvalue weighted by Crippen LogP contribution is -2.37. The highest BCUT2D eigenvalue weighted by atomic mass is 35.5. The van der Waals surface area contributed by atoms with Gasteiger partial charge in [0, 0.05) is 27.2 Å². The van der Waals surface area contributed by atoms with E-state index in [9.17, 15) is 4.79 Å². The molecule has 2 heterocycles. The van der Waals surface area contributed by atoms with Gasteiger partial charge in [0.1, 0.15) is 16.5 Å². The standard InChI is InChI=1S/C27H33ClN6O3/c1-5-37-23-9-7-6-8-21(23)30-26-20(28)16-29-27(32-26)31-22-14-18-10-12-34(17-25(35)33(2)3)13-11-19(18)15-24(22)36-4/h6-9,14-16H,5,10-13,17H2,1-4H3,(H2,29,30,31,32). The number of nitrogens with one attached hydrogen (secondary N) is 2. The molecular formula is C27H33ClN6O3. The smallest absolute Gasteiger partial charge is 0.236 e. The van der Waals surface area contributed by atoms with Crippen molar-refractivity contribution in [2.24, 2.45) is 0 Å². The number of fused-ring (bicyclic) bond motifs is 1. The van der Waals surface area contributed by atoms with Crippen LogP contribution in [-0.4, -0.2) is 73.1 Å². The van der Waals surface area contributed by atoms with Crippen LogP contribution in [0.1, 0.15) is 18.1 Å². The third-order valence-corrected chi connectivity index (χ3v) is 6.48. The monoisotopic (exact) mass is 524 g/mol. The van der Waals surface area contributed by atoms with Crippen molar-refractivity contribution >= 4 is 40.6 Å². The molecule has 0 unspecified atom stereocenters. The number of methoxy groups -OCH3 is 1. The fourth-order valence-electron chi connectivity index (χ4n) is 4.17. The molecule has 0 bridgehead atoms. The lowest BCUT2D eigenvalue weighted by molar-refractivity contribution is -0.129. The summed E-state index contributed by atoms with van der Waals surface area (Å²) in [7, 11) is 5.22. The number of rotatable bonds is 9. The van der Waals surface area contributed by atoms with Gasteiger partial charge in [-0.2, -0.15) is 4.98 Å². The van der Waals surface area contributed by atoms with Crippen molar-refractivity contribution in [1.82, 2.24) is 19.8 Å². The number of hydrogen-bond acceptors (Lipinski definition) is 8. The molecular weight excluding hydrogens is 492 g/mol. The Morgan fingerprint density at radius 2 is 1.81 bits per heavy atom. The molecule has 10 heteroatoms. The molecule has 2 N–H and O–H groups in total. The third kappa shape index (κ3) is 6.61. The zero-order valence-electron chi connectivity index (χ0n) is 21.7. The van der Waals surface area contributed by atoms with Crippen molar-refractivity contribution in [2.75, 3.05) is 58.1 Å². The van der Waals surface area contributed by atoms with E-state index in [1.54, 1.807) is 32.3 Å². The number of nitrogens with zero attached hydrogens (tertiary/aromatic N) is 4. The van der Waals surface area contributed by atoms with Crippen molar-refractivity contribution in [3.63, 3.8) is 0 Å². The van der Waals surface area contributed by atoms with Crippen LogP contribution in [0.15, 0.2) is 42.6 Å². The first kappa shape index (κ1) is 26.5. The van der Waals surface area contributed by atoms with Crippen LogP contribution in [0.5, 0.6) is 11.5 Å². The quantitative estimate of drug-likeness (QED) is 0.422. The second-order valence-corrected chi connectivity index (χ2v) is 9.36. The highest BCUT2D eigenvalue weighted by Gasteiger charge is 2.20. The number of para-hydroxylation sites is 2. The second-order valence-electron chi connectivity index (χ2n) is 8.95. The van der Waals surface area contributed by atoms with Gasteiger partial charge in [-0.3, -0.25) is 9.69 Å². The van der Waals surface area contributed by atoms with E-state index < -0.39 is 0 Å². The second kappa shape index (κ2) is 12.1. The fourth-order valence-corrected chi connectivity index (χ4v) is 4.31. The van der Waals surface area contributed by atoms with E-state index in [1.165, 1.54) is 11.1 Å². The van der Waals surface area contributed by atoms with Crippen LogP contribution in [0.4, 0.5) is 23.1 Å². The number of aromatic nitrogens is 2. The molecule has 0 fully saturated rings. The first-order valence-electron chi connectivity index (χ1n) is 12.3. The number of halogens is 1. The lowest BCUT2D eigenvalue weighted by atomic mass is 10.0. The Balaban J connectivity index is 1.54. The van der Waals surface area contributed by atoms with Crippen molar-refractivity contribution in [1.29, 1.82) is 0 Å². The van der Waals surface area contributed by atoms with Crippen molar-refractivity contribution < 1.29 is 14.3 Å². The summed E-state index contributed by atoms with van der Waals surface area (Å²) < 4.78 is 11.4. The van der Waals surface area contributed by atoms with Crippen LogP contribution in [0.2, 0.25) is 5.02 Å². The number of benzene rings is 2. The Bertz CT molecular complexity index is 1250. The maximum atomic E-state index is 12.2. The van der Waals surface area contributed by atoms with Crippen molar-refractivity contribution in [3.05, 3.63) is 58.7 Å². The number of likely N-dealkylation sites (N-methyl/N-ethyl adjacent to an activating group) is 1. The molecule has 1 aromatic heterocycles. The van der Waals surface area contributed by atoms with E-state index in [0.717, 1.165) is 37.3 Å². The summed E-state index contributed by atoms with van der Waals surface area (Å²) in [4.78, 5) is 25.0. The minimum absolute atomic E-state index is 0.110. The minimum atomic E-state index is 0.110. The number of carbonyl (C=O) groups excluding carboxylic acids is 1. The summed E-state index contributed by atoms with van der Waals surface area (Å²) in [6.07, 6.45) is 3.23. The summed E-state index contributed by atoms with van der Waals surface area (Å²) in [5, 5.41) is 6.93. The molecule has 0 radical (unpaired) electrons. The molecule has 0 saturated carbocycles. The first-order valence-corrected chi connectivity index (χ1v) is 12.7. The SMILES string of the molecule is CCOc1ccccc1Nc1nc(Nc2cc3c(cc2OC)CCN(CC(=O)N(C)C)CC3)ncc1Cl. The van der Waals surface area contributed by atoms with E-state index >= 15 is 0 Å². The van der Waals surface area contributed by atoms with E-state index in [0.29, 0.717) is 41.4 Å². The van der Waals surface area contributed by atoms with Gasteiger partial charge in [-0.05, 0) is 55.2 Å². The number of hydrogen-bond donors (Lipinski definition) is 2. The average molecular weight is 525 g/mol. The molecule has 0 spiro atoms. The van der Waals surface area contributed by atoms with Gasteiger partial charge >= 0.3 is 0 Å². The van der Waals surface area contributed by atoms with Crippen LogP contribution in [0.25, 0.3) is 0 Å². The van der Waals surface area contributed by atoms with Gasteiger partial charge in [0.2, 0.25) is 11.9 Å². The van der Waals surface area contributed by atoms with Crippen LogP contribution in [0.3, 0.4) is 0 Å². The van der Waals surface area contributed by atoms with Crippen LogP contribution in [0, 0.1) is 0 Å². The lowest BCUT2D eigenvalue weighted by Gasteiger charge is -2.21. The van der Waals surface area contributed by atoms with Gasteiger partial charge in [0.15, 0.2) is 5.82 Å². The molecule has 4 rings (SSSR count). The van der Waals surface area contributed by atoms with E-state index in [-0.39, 0.29) is 5.91 Å². The molecule has 3 aromatic rings. The predicted molar refractivity (Wildman–Crippen MR) is 147 cm³/mol. The van der Waals surface area contributed by atoms with E-state index in [2.05, 4.69) is 37.6 Å². The average Bonchev–Trinajstić information content (AvgIpc) is 3.08. The first-order chi connectivity index (χ1) is 17.9. The summed E-state index contributed by atoms with van der Waals surface area (Å²) in [6.45, 7) is 4.53. The Morgan fingerprint density at radius 1 is 1.08 bits per heavy atom. The molecule has 9 nitrogen and oxygen atoms in total. The summed E-state index contributed by atoms with van der Waals surface area (Å²) in [6, 6.07) is 11.8. The number of carbonyl (C=O) groups is 1. The fraction of sp³-hybridized carbons (Fsp3) is 0.370. The van der Waals surface area contributed by atoms with Crippen LogP contribution < -0.4 is 20.1 Å². The molecule has 1 amide bonds. The molecule has 1 aliphatic heterocycles. The molecule has 0 atom stereocenters. The Kier molecular flexibility index (Phi) is 8.68. The van der Waals surface area contributed by atoms with Crippen molar-refractivity contribution in [2.45, 2.75) is 19.8 Å². The molecule has 0 aliphatic carbocycles. The van der Waals surface area contributed by atoms with E-state index in [4.69, 9.17) is 21.1 Å². The van der Waals surface area contributed by atoms with Crippen molar-refractivity contribution in [3.8, 4) is 11.5 Å². The Hall–Kier alpha value is -3.56. The van der Waals surface area contributed by atoms with Gasteiger partial charge in [0.05, 0.1) is 37.8 Å². The third-order valence-electron chi connectivity index (χ3n) is 6.20. The zero-order chi connectivity index (χ0) is 26.4. The number of anilines is 4. The van der Waals surface area contributed by atoms with Gasteiger partial charge in [-0.15, -0.1) is 0 Å². The zero-order valence-corrected chi connectivity index (χ0v) is 22.4. The summed E-state index contributed by atoms with van der Waals surface area (Å²) in [5.41, 5.74) is 3.95. The van der Waals surface area contributed by atoms with E-state index in [1.807, 2.05) is 31.2 Å². The number of ether oxygens (including phenoxy) is 2. The van der Waals surface area contributed by atoms with Crippen LogP contribution >= 0.6 is 11.6 Å². The summed E-state index contributed by atoms with van der Waals surface area (Å²) >= 11 is 6.41. The molecule has 1 aliphatic rings. The topological polar surface area (TPSA) is 91.8 Å². The van der Waals surface area contributed by atoms with Gasteiger partial charge in [-0.25, -0.2) is 4.98 Å². The normalized spacial score (nSPS) is 13.3. The predicted octanol–water partition coefficient (Wildman–Crippen LogP) is 4.51. The summed E-state index contributed by atoms with van der Waals surface area (Å²) in [5.74, 6) is 2.36. The number of amides is 1. The molecule has 2 aromatic carbocycles. The maximum absolute atomic E-state index is 12.2. The van der Waals surface area contributed by atoms with Gasteiger partial charge < -0.3 is 25.0 Å². The van der Waals surface area contributed by atoms with Gasteiger partial charge in [0.25, 0.3) is 0 Å². The van der Waals surface area contributed by atoms with Gasteiger partial charge in [-0.1, -0.05) is 23.7 Å². The Labute approximate surface area is 222 Å². The largest absolute Gasteiger partial charge is 0.495 e. The highest BCUT2D eigenvalue weighted by Crippen LogP contribution is 2.34. The molecule has 37 heavy (non-hydrogen) atoms. The Morgan fingerprint density at radius 3 is 2.51 bits per heavy atom. The highest BCUT2D eigenvalue weighted by molar-refractivity contribution is 6.32.